The Labute approximate surface area is 80.2 Å². The van der Waals surface area contributed by atoms with Crippen LogP contribution in [0.3, 0.4) is 0 Å². The second-order valence-electron chi connectivity index (χ2n) is 2.75. The van der Waals surface area contributed by atoms with Crippen molar-refractivity contribution in [2.45, 2.75) is 13.5 Å². The Morgan fingerprint density at radius 1 is 1.69 bits per heavy atom. The predicted octanol–water partition coefficient (Wildman–Crippen LogP) is 1.89. The summed E-state index contributed by atoms with van der Waals surface area (Å²) in [5.74, 6) is 0.836. The average Bonchev–Trinajstić information content (AvgIpc) is 2.65. The van der Waals surface area contributed by atoms with Crippen molar-refractivity contribution in [2.75, 3.05) is 0 Å². The molecule has 2 aromatic heterocycles. The fourth-order valence-electron chi connectivity index (χ4n) is 1.12. The summed E-state index contributed by atoms with van der Waals surface area (Å²) < 4.78 is 7.68. The van der Waals surface area contributed by atoms with E-state index in [-0.39, 0.29) is 0 Å². The van der Waals surface area contributed by atoms with Crippen molar-refractivity contribution >= 4 is 12.2 Å². The van der Waals surface area contributed by atoms with E-state index in [9.17, 15) is 0 Å². The first-order chi connectivity index (χ1) is 6.27. The molecule has 1 N–H and O–H groups in total. The lowest BCUT2D eigenvalue weighted by atomic mass is 10.3. The zero-order valence-corrected chi connectivity index (χ0v) is 7.97. The molecule has 0 aliphatic heterocycles. The third kappa shape index (κ3) is 1.55. The van der Waals surface area contributed by atoms with Gasteiger partial charge >= 0.3 is 0 Å². The summed E-state index contributed by atoms with van der Waals surface area (Å²) in [7, 11) is 0. The van der Waals surface area contributed by atoms with E-state index in [0.29, 0.717) is 11.3 Å². The third-order valence-corrected chi connectivity index (χ3v) is 2.24. The molecule has 13 heavy (non-hydrogen) atoms. The van der Waals surface area contributed by atoms with E-state index in [4.69, 9.17) is 16.6 Å². The van der Waals surface area contributed by atoms with Crippen LogP contribution in [0, 0.1) is 11.7 Å². The molecule has 0 bridgehead atoms. The van der Waals surface area contributed by atoms with Crippen LogP contribution in [0.2, 0.25) is 0 Å². The lowest BCUT2D eigenvalue weighted by molar-refractivity contribution is 0.523. The molecule has 0 atom stereocenters. The molecule has 0 saturated heterocycles. The van der Waals surface area contributed by atoms with Crippen molar-refractivity contribution in [3.8, 4) is 0 Å². The van der Waals surface area contributed by atoms with E-state index in [2.05, 4.69) is 9.97 Å². The number of H-pyrrole nitrogens is 1. The smallest absolute Gasteiger partial charge is 0.181 e. The summed E-state index contributed by atoms with van der Waals surface area (Å²) in [6.45, 7) is 2.54. The molecule has 0 aliphatic rings. The summed E-state index contributed by atoms with van der Waals surface area (Å²) in [6, 6.07) is 0. The molecular formula is C8H9N3OS. The number of aryl methyl sites for hydroxylation is 1. The molecule has 0 aromatic carbocycles. The molecule has 0 aliphatic carbocycles. The van der Waals surface area contributed by atoms with E-state index < -0.39 is 0 Å². The number of hydrogen-bond donors (Lipinski definition) is 1. The first-order valence-corrected chi connectivity index (χ1v) is 4.31. The van der Waals surface area contributed by atoms with E-state index in [0.717, 1.165) is 11.5 Å². The van der Waals surface area contributed by atoms with Crippen molar-refractivity contribution in [1.29, 1.82) is 0 Å². The van der Waals surface area contributed by atoms with E-state index in [1.165, 1.54) is 6.39 Å². The number of nitrogens with zero attached hydrogens (tertiary/aromatic N) is 2. The highest BCUT2D eigenvalue weighted by atomic mass is 32.1. The van der Waals surface area contributed by atoms with Crippen molar-refractivity contribution in [1.82, 2.24) is 14.5 Å². The van der Waals surface area contributed by atoms with Gasteiger partial charge in [0.15, 0.2) is 11.2 Å². The summed E-state index contributed by atoms with van der Waals surface area (Å²) in [5, 5.41) is 0. The maximum atomic E-state index is 5.08. The zero-order valence-electron chi connectivity index (χ0n) is 7.15. The molecule has 2 aromatic rings. The Bertz CT molecular complexity index is 454. The van der Waals surface area contributed by atoms with Crippen LogP contribution in [0.25, 0.3) is 0 Å². The lowest BCUT2D eigenvalue weighted by Gasteiger charge is -1.98. The van der Waals surface area contributed by atoms with Crippen LogP contribution in [0.5, 0.6) is 0 Å². The van der Waals surface area contributed by atoms with Crippen molar-refractivity contribution in [2.24, 2.45) is 0 Å². The van der Waals surface area contributed by atoms with Crippen LogP contribution < -0.4 is 0 Å². The maximum Gasteiger partial charge on any atom is 0.181 e. The van der Waals surface area contributed by atoms with Gasteiger partial charge in [0.05, 0.1) is 6.54 Å². The van der Waals surface area contributed by atoms with Crippen molar-refractivity contribution in [3.63, 3.8) is 0 Å². The first kappa shape index (κ1) is 8.25. The fraction of sp³-hybridized carbons (Fsp3) is 0.250. The molecule has 68 valence electrons. The van der Waals surface area contributed by atoms with Crippen LogP contribution in [0.1, 0.15) is 11.5 Å². The molecular weight excluding hydrogens is 186 g/mol. The average molecular weight is 195 g/mol. The number of oxazole rings is 1. The van der Waals surface area contributed by atoms with E-state index in [1.807, 2.05) is 17.7 Å². The minimum absolute atomic E-state index is 0.657. The normalized spacial score (nSPS) is 10.5. The van der Waals surface area contributed by atoms with Crippen LogP contribution in [0.4, 0.5) is 0 Å². The van der Waals surface area contributed by atoms with Gasteiger partial charge in [0.2, 0.25) is 0 Å². The van der Waals surface area contributed by atoms with Gasteiger partial charge in [-0.1, -0.05) is 0 Å². The highest BCUT2D eigenvalue weighted by Crippen LogP contribution is 2.06. The van der Waals surface area contributed by atoms with Gasteiger partial charge in [-0.05, 0) is 19.1 Å². The molecule has 2 heterocycles. The molecule has 0 fully saturated rings. The van der Waals surface area contributed by atoms with Crippen LogP contribution in [0.15, 0.2) is 23.2 Å². The second kappa shape index (κ2) is 3.18. The Morgan fingerprint density at radius 3 is 3.08 bits per heavy atom. The van der Waals surface area contributed by atoms with Gasteiger partial charge in [0, 0.05) is 12.4 Å². The van der Waals surface area contributed by atoms with E-state index >= 15 is 0 Å². The van der Waals surface area contributed by atoms with Crippen molar-refractivity contribution < 1.29 is 4.42 Å². The molecule has 0 spiro atoms. The largest absolute Gasteiger partial charge is 0.448 e. The van der Waals surface area contributed by atoms with Gasteiger partial charge < -0.3 is 14.0 Å². The Kier molecular flexibility index (Phi) is 2.02. The van der Waals surface area contributed by atoms with Gasteiger partial charge in [0.1, 0.15) is 11.5 Å². The predicted molar refractivity (Wildman–Crippen MR) is 50.0 cm³/mol. The van der Waals surface area contributed by atoms with Gasteiger partial charge in [-0.25, -0.2) is 4.98 Å². The van der Waals surface area contributed by atoms with Gasteiger partial charge in [-0.2, -0.15) is 0 Å². The number of aromatic amines is 1. The topological polar surface area (TPSA) is 46.8 Å². The number of aromatic nitrogens is 3. The standard InChI is InChI=1S/C8H9N3OS/c1-6-7(10-5-12-6)4-11-3-2-9-8(11)13/h2-3,5H,4H2,1H3,(H,9,13). The first-order valence-electron chi connectivity index (χ1n) is 3.90. The highest BCUT2D eigenvalue weighted by molar-refractivity contribution is 7.71. The third-order valence-electron chi connectivity index (χ3n) is 1.89. The summed E-state index contributed by atoms with van der Waals surface area (Å²) in [4.78, 5) is 7.00. The Balaban J connectivity index is 2.29. The Morgan fingerprint density at radius 2 is 2.54 bits per heavy atom. The minimum atomic E-state index is 0.657. The van der Waals surface area contributed by atoms with E-state index in [1.54, 1.807) is 6.20 Å². The van der Waals surface area contributed by atoms with Crippen LogP contribution >= 0.6 is 12.2 Å². The highest BCUT2D eigenvalue weighted by Gasteiger charge is 2.03. The van der Waals surface area contributed by atoms with Gasteiger partial charge in [-0.3, -0.25) is 0 Å². The second-order valence-corrected chi connectivity index (χ2v) is 3.14. The quantitative estimate of drug-likeness (QED) is 0.744. The number of nitrogens with one attached hydrogen (secondary N) is 1. The maximum absolute atomic E-state index is 5.08. The number of imidazole rings is 1. The summed E-state index contributed by atoms with van der Waals surface area (Å²) >= 11 is 5.05. The molecule has 0 unspecified atom stereocenters. The number of hydrogen-bond acceptors (Lipinski definition) is 3. The minimum Gasteiger partial charge on any atom is -0.448 e. The molecule has 0 radical (unpaired) electrons. The SMILES string of the molecule is Cc1ocnc1Cn1cc[nH]c1=S. The van der Waals surface area contributed by atoms with Gasteiger partial charge in [-0.15, -0.1) is 0 Å². The monoisotopic (exact) mass is 195 g/mol. The van der Waals surface area contributed by atoms with Crippen molar-refractivity contribution in [3.05, 3.63) is 35.0 Å². The van der Waals surface area contributed by atoms with Crippen LogP contribution in [-0.2, 0) is 6.54 Å². The Hall–Kier alpha value is -1.36. The number of rotatable bonds is 2. The molecule has 0 saturated carbocycles. The summed E-state index contributed by atoms with van der Waals surface area (Å²) in [6.07, 6.45) is 5.13. The zero-order chi connectivity index (χ0) is 9.26. The molecule has 0 amide bonds. The van der Waals surface area contributed by atoms with Gasteiger partial charge in [0.25, 0.3) is 0 Å². The lowest BCUT2D eigenvalue weighted by Crippen LogP contribution is -1.99. The summed E-state index contributed by atoms with van der Waals surface area (Å²) in [5.41, 5.74) is 0.913. The molecule has 2 rings (SSSR count). The fourth-order valence-corrected chi connectivity index (χ4v) is 1.31. The molecule has 4 nitrogen and oxygen atoms in total. The van der Waals surface area contributed by atoms with Crippen LogP contribution in [-0.4, -0.2) is 14.5 Å². The molecule has 5 heteroatoms.